The number of hydrogen-bond acceptors (Lipinski definition) is 5. The van der Waals surface area contributed by atoms with Gasteiger partial charge in [-0.1, -0.05) is 6.07 Å². The number of nitro groups is 1. The van der Waals surface area contributed by atoms with Crippen molar-refractivity contribution in [2.75, 3.05) is 5.32 Å². The zero-order valence-corrected chi connectivity index (χ0v) is 10.2. The largest absolute Gasteiger partial charge is 0.340 e. The Morgan fingerprint density at radius 2 is 2.17 bits per heavy atom. The topological polar surface area (TPSA) is 81.0 Å². The molecule has 2 rings (SSSR count). The number of anilines is 2. The van der Waals surface area contributed by atoms with Gasteiger partial charge in [-0.3, -0.25) is 10.1 Å². The summed E-state index contributed by atoms with van der Waals surface area (Å²) in [4.78, 5) is 18.0. The van der Waals surface area contributed by atoms with E-state index in [0.29, 0.717) is 11.5 Å². The second kappa shape index (κ2) is 4.97. The van der Waals surface area contributed by atoms with Crippen LogP contribution in [0.25, 0.3) is 0 Å². The van der Waals surface area contributed by atoms with Crippen molar-refractivity contribution in [2.24, 2.45) is 0 Å². The molecule has 0 saturated heterocycles. The van der Waals surface area contributed by atoms with Gasteiger partial charge in [0.25, 0.3) is 5.69 Å². The molecule has 1 N–H and O–H groups in total. The van der Waals surface area contributed by atoms with E-state index in [4.69, 9.17) is 11.6 Å². The van der Waals surface area contributed by atoms with E-state index in [1.807, 2.05) is 6.92 Å². The van der Waals surface area contributed by atoms with Crippen LogP contribution in [0.4, 0.5) is 17.2 Å². The molecule has 6 nitrogen and oxygen atoms in total. The fourth-order valence-corrected chi connectivity index (χ4v) is 1.55. The lowest BCUT2D eigenvalue weighted by Crippen LogP contribution is -1.98. The van der Waals surface area contributed by atoms with Crippen LogP contribution in [0.15, 0.2) is 30.5 Å². The summed E-state index contributed by atoms with van der Waals surface area (Å²) in [5.74, 6) is 0.485. The molecule has 0 spiro atoms. The number of aromatic nitrogens is 2. The maximum absolute atomic E-state index is 10.7. The molecular formula is C11H9ClN4O2. The first-order chi connectivity index (χ1) is 8.56. The summed E-state index contributed by atoms with van der Waals surface area (Å²) in [6, 6.07) is 6.20. The summed E-state index contributed by atoms with van der Waals surface area (Å²) < 4.78 is 0. The molecule has 7 heteroatoms. The Labute approximate surface area is 108 Å². The number of benzene rings is 1. The summed E-state index contributed by atoms with van der Waals surface area (Å²) in [5, 5.41) is 13.8. The van der Waals surface area contributed by atoms with E-state index in [2.05, 4.69) is 15.3 Å². The third-order valence-electron chi connectivity index (χ3n) is 2.32. The molecule has 0 radical (unpaired) electrons. The first kappa shape index (κ1) is 12.3. The lowest BCUT2D eigenvalue weighted by atomic mass is 10.2. The molecule has 0 aliphatic rings. The van der Waals surface area contributed by atoms with Gasteiger partial charge in [0.2, 0.25) is 5.28 Å². The van der Waals surface area contributed by atoms with Crippen LogP contribution in [-0.4, -0.2) is 14.9 Å². The molecule has 0 unspecified atom stereocenters. The fourth-order valence-electron chi connectivity index (χ4n) is 1.40. The van der Waals surface area contributed by atoms with Gasteiger partial charge in [0.1, 0.15) is 5.82 Å². The van der Waals surface area contributed by atoms with Crippen LogP contribution in [0.1, 0.15) is 5.56 Å². The van der Waals surface area contributed by atoms with Crippen LogP contribution in [-0.2, 0) is 0 Å². The van der Waals surface area contributed by atoms with Gasteiger partial charge in [0.05, 0.1) is 4.92 Å². The molecule has 0 fully saturated rings. The van der Waals surface area contributed by atoms with Gasteiger partial charge in [-0.05, 0) is 30.2 Å². The van der Waals surface area contributed by atoms with E-state index in [1.165, 1.54) is 18.3 Å². The number of nitro benzene ring substituents is 1. The van der Waals surface area contributed by atoms with Crippen LogP contribution in [0.2, 0.25) is 5.28 Å². The fraction of sp³-hybridized carbons (Fsp3) is 0.0909. The molecular weight excluding hydrogens is 256 g/mol. The minimum atomic E-state index is -0.447. The number of nitrogens with zero attached hydrogens (tertiary/aromatic N) is 3. The van der Waals surface area contributed by atoms with Crippen molar-refractivity contribution in [3.8, 4) is 0 Å². The number of nitrogens with one attached hydrogen (secondary N) is 1. The van der Waals surface area contributed by atoms with Gasteiger partial charge in [-0.2, -0.15) is 0 Å². The van der Waals surface area contributed by atoms with Gasteiger partial charge < -0.3 is 5.32 Å². The van der Waals surface area contributed by atoms with E-state index in [-0.39, 0.29) is 11.0 Å². The second-order valence-corrected chi connectivity index (χ2v) is 3.93. The Hall–Kier alpha value is -2.21. The SMILES string of the molecule is Cc1ccc([N+](=O)[O-])cc1Nc1ccnc(Cl)n1. The number of non-ortho nitro benzene ring substituents is 1. The van der Waals surface area contributed by atoms with Crippen molar-refractivity contribution in [2.45, 2.75) is 6.92 Å². The second-order valence-electron chi connectivity index (χ2n) is 3.59. The Kier molecular flexibility index (Phi) is 3.38. The number of hydrogen-bond donors (Lipinski definition) is 1. The lowest BCUT2D eigenvalue weighted by molar-refractivity contribution is -0.384. The van der Waals surface area contributed by atoms with Gasteiger partial charge >= 0.3 is 0 Å². The highest BCUT2D eigenvalue weighted by atomic mass is 35.5. The lowest BCUT2D eigenvalue weighted by Gasteiger charge is -2.08. The van der Waals surface area contributed by atoms with Crippen molar-refractivity contribution in [1.82, 2.24) is 9.97 Å². The highest BCUT2D eigenvalue weighted by Gasteiger charge is 2.09. The number of rotatable bonds is 3. The quantitative estimate of drug-likeness (QED) is 0.523. The maximum Gasteiger partial charge on any atom is 0.271 e. The van der Waals surface area contributed by atoms with Gasteiger partial charge in [0.15, 0.2) is 0 Å². The Morgan fingerprint density at radius 3 is 2.83 bits per heavy atom. The van der Waals surface area contributed by atoms with Crippen molar-refractivity contribution < 1.29 is 4.92 Å². The molecule has 1 aromatic carbocycles. The molecule has 0 amide bonds. The zero-order chi connectivity index (χ0) is 13.1. The molecule has 0 aliphatic carbocycles. The number of aryl methyl sites for hydroxylation is 1. The van der Waals surface area contributed by atoms with Gasteiger partial charge in [-0.25, -0.2) is 9.97 Å². The van der Waals surface area contributed by atoms with E-state index in [0.717, 1.165) is 5.56 Å². The normalized spacial score (nSPS) is 10.1. The Bertz CT molecular complexity index is 603. The van der Waals surface area contributed by atoms with E-state index in [9.17, 15) is 10.1 Å². The predicted octanol–water partition coefficient (Wildman–Crippen LogP) is 3.09. The minimum absolute atomic E-state index is 0.0169. The van der Waals surface area contributed by atoms with Crippen LogP contribution in [0.5, 0.6) is 0 Å². The van der Waals surface area contributed by atoms with E-state index >= 15 is 0 Å². The third-order valence-corrected chi connectivity index (χ3v) is 2.50. The first-order valence-corrected chi connectivity index (χ1v) is 5.44. The standard InChI is InChI=1S/C11H9ClN4O2/c1-7-2-3-8(16(17)18)6-9(7)14-10-4-5-13-11(12)15-10/h2-6H,1H3,(H,13,14,15). The summed E-state index contributed by atoms with van der Waals surface area (Å²) >= 11 is 5.66. The summed E-state index contributed by atoms with van der Waals surface area (Å²) in [6.45, 7) is 1.84. The average Bonchev–Trinajstić information content (AvgIpc) is 2.31. The molecule has 0 atom stereocenters. The van der Waals surface area contributed by atoms with E-state index in [1.54, 1.807) is 12.1 Å². The van der Waals surface area contributed by atoms with Crippen LogP contribution >= 0.6 is 11.6 Å². The van der Waals surface area contributed by atoms with Crippen LogP contribution in [0, 0.1) is 17.0 Å². The molecule has 92 valence electrons. The predicted molar refractivity (Wildman–Crippen MR) is 68.2 cm³/mol. The summed E-state index contributed by atoms with van der Waals surface area (Å²) in [7, 11) is 0. The summed E-state index contributed by atoms with van der Waals surface area (Å²) in [5.41, 5.74) is 1.50. The maximum atomic E-state index is 10.7. The van der Waals surface area contributed by atoms with Crippen molar-refractivity contribution >= 4 is 28.8 Å². The molecule has 0 bridgehead atoms. The van der Waals surface area contributed by atoms with Crippen LogP contribution in [0.3, 0.4) is 0 Å². The van der Waals surface area contributed by atoms with E-state index < -0.39 is 4.92 Å². The zero-order valence-electron chi connectivity index (χ0n) is 9.42. The highest BCUT2D eigenvalue weighted by Crippen LogP contribution is 2.24. The Balaban J connectivity index is 2.33. The third kappa shape index (κ3) is 2.72. The molecule has 0 saturated carbocycles. The minimum Gasteiger partial charge on any atom is -0.340 e. The van der Waals surface area contributed by atoms with Gasteiger partial charge in [0, 0.05) is 24.0 Å². The van der Waals surface area contributed by atoms with Crippen molar-refractivity contribution in [1.29, 1.82) is 0 Å². The van der Waals surface area contributed by atoms with Crippen molar-refractivity contribution in [3.05, 3.63) is 51.4 Å². The molecule has 18 heavy (non-hydrogen) atoms. The molecule has 2 aromatic rings. The average molecular weight is 265 g/mol. The van der Waals surface area contributed by atoms with Gasteiger partial charge in [-0.15, -0.1) is 0 Å². The Morgan fingerprint density at radius 1 is 1.39 bits per heavy atom. The monoisotopic (exact) mass is 264 g/mol. The number of halogens is 1. The molecule has 0 aliphatic heterocycles. The van der Waals surface area contributed by atoms with Crippen molar-refractivity contribution in [3.63, 3.8) is 0 Å². The first-order valence-electron chi connectivity index (χ1n) is 5.07. The smallest absolute Gasteiger partial charge is 0.271 e. The molecule has 1 heterocycles. The summed E-state index contributed by atoms with van der Waals surface area (Å²) in [6.07, 6.45) is 1.50. The highest BCUT2D eigenvalue weighted by molar-refractivity contribution is 6.28. The molecule has 1 aromatic heterocycles. The van der Waals surface area contributed by atoms with Crippen LogP contribution < -0.4 is 5.32 Å².